The van der Waals surface area contributed by atoms with Gasteiger partial charge in [0, 0.05) is 18.7 Å². The highest BCUT2D eigenvalue weighted by Crippen LogP contribution is 2.34. The first-order valence-electron chi connectivity index (χ1n) is 8.00. The molecule has 1 aromatic carbocycles. The van der Waals surface area contributed by atoms with Crippen molar-refractivity contribution >= 4 is 5.91 Å². The lowest BCUT2D eigenvalue weighted by Crippen LogP contribution is -2.41. The number of fused-ring (bicyclic) bond motifs is 1. The van der Waals surface area contributed by atoms with Gasteiger partial charge in [0.05, 0.1) is 0 Å². The number of benzene rings is 1. The van der Waals surface area contributed by atoms with E-state index in [0.717, 1.165) is 37.5 Å². The number of nitrogens with zero attached hydrogens (tertiary/aromatic N) is 1. The van der Waals surface area contributed by atoms with Crippen molar-refractivity contribution in [2.45, 2.75) is 25.7 Å². The summed E-state index contributed by atoms with van der Waals surface area (Å²) in [6.07, 6.45) is 2.34. The fraction of sp³-hybridized carbons (Fsp3) is 0.588. The van der Waals surface area contributed by atoms with Crippen LogP contribution in [0.2, 0.25) is 0 Å². The third kappa shape index (κ3) is 3.05. The minimum absolute atomic E-state index is 0.122. The summed E-state index contributed by atoms with van der Waals surface area (Å²) in [6.45, 7) is 6.37. The van der Waals surface area contributed by atoms with Gasteiger partial charge in [-0.2, -0.15) is 0 Å². The fourth-order valence-electron chi connectivity index (χ4n) is 3.34. The Bertz CT molecular complexity index is 497. The molecule has 0 aliphatic carbocycles. The van der Waals surface area contributed by atoms with Gasteiger partial charge in [-0.15, -0.1) is 0 Å². The molecule has 21 heavy (non-hydrogen) atoms. The largest absolute Gasteiger partial charge is 0.492 e. The second-order valence-electron chi connectivity index (χ2n) is 5.97. The molecule has 2 aliphatic rings. The van der Waals surface area contributed by atoms with E-state index in [-0.39, 0.29) is 11.8 Å². The zero-order valence-corrected chi connectivity index (χ0v) is 12.7. The minimum atomic E-state index is -0.122. The van der Waals surface area contributed by atoms with Gasteiger partial charge >= 0.3 is 0 Å². The smallest absolute Gasteiger partial charge is 0.233 e. The van der Waals surface area contributed by atoms with Crippen molar-refractivity contribution < 1.29 is 9.53 Å². The molecule has 1 amide bonds. The van der Waals surface area contributed by atoms with Gasteiger partial charge in [0.1, 0.15) is 18.3 Å². The highest BCUT2D eigenvalue weighted by Gasteiger charge is 2.33. The van der Waals surface area contributed by atoms with Crippen molar-refractivity contribution in [3.8, 4) is 5.75 Å². The van der Waals surface area contributed by atoms with Crippen LogP contribution in [0.15, 0.2) is 24.3 Å². The van der Waals surface area contributed by atoms with Crippen LogP contribution < -0.4 is 10.1 Å². The predicted molar refractivity (Wildman–Crippen MR) is 82.5 cm³/mol. The van der Waals surface area contributed by atoms with E-state index in [2.05, 4.69) is 12.2 Å². The van der Waals surface area contributed by atoms with Crippen molar-refractivity contribution in [2.75, 3.05) is 32.8 Å². The minimum Gasteiger partial charge on any atom is -0.492 e. The number of piperidine rings is 1. The molecule has 1 saturated heterocycles. The molecule has 4 heteroatoms. The highest BCUT2D eigenvalue weighted by atomic mass is 16.5. The molecule has 2 aliphatic heterocycles. The van der Waals surface area contributed by atoms with E-state index in [1.807, 2.05) is 29.2 Å². The molecule has 1 N–H and O–H groups in total. The molecule has 0 bridgehead atoms. The summed E-state index contributed by atoms with van der Waals surface area (Å²) in [7, 11) is 0. The number of carbonyl (C=O) groups is 1. The summed E-state index contributed by atoms with van der Waals surface area (Å²) < 4.78 is 5.66. The van der Waals surface area contributed by atoms with Crippen molar-refractivity contribution in [1.29, 1.82) is 0 Å². The van der Waals surface area contributed by atoms with E-state index in [1.54, 1.807) is 0 Å². The quantitative estimate of drug-likeness (QED) is 0.921. The molecule has 1 atom stereocenters. The number of likely N-dealkylation sites (N-methyl/N-ethyl adjacent to an activating group) is 1. The molecule has 0 spiro atoms. The molecule has 1 fully saturated rings. The second kappa shape index (κ2) is 6.48. The summed E-state index contributed by atoms with van der Waals surface area (Å²) in [5.41, 5.74) is 1.05. The normalized spacial score (nSPS) is 21.7. The van der Waals surface area contributed by atoms with Crippen molar-refractivity contribution in [3.05, 3.63) is 29.8 Å². The number of hydrogen-bond donors (Lipinski definition) is 1. The zero-order chi connectivity index (χ0) is 14.7. The molecule has 0 saturated carbocycles. The fourth-order valence-corrected chi connectivity index (χ4v) is 3.34. The Kier molecular flexibility index (Phi) is 4.44. The topological polar surface area (TPSA) is 41.6 Å². The Morgan fingerprint density at radius 1 is 1.33 bits per heavy atom. The first-order valence-corrected chi connectivity index (χ1v) is 8.00. The van der Waals surface area contributed by atoms with Crippen LogP contribution in [-0.4, -0.2) is 43.6 Å². The lowest BCUT2D eigenvalue weighted by atomic mass is 9.95. The maximum Gasteiger partial charge on any atom is 0.233 e. The summed E-state index contributed by atoms with van der Waals surface area (Å²) in [6, 6.07) is 7.91. The van der Waals surface area contributed by atoms with Gasteiger partial charge in [0.2, 0.25) is 5.91 Å². The Hall–Kier alpha value is -1.55. The Labute approximate surface area is 126 Å². The number of nitrogens with one attached hydrogen (secondary N) is 1. The lowest BCUT2D eigenvalue weighted by Gasteiger charge is -2.30. The monoisotopic (exact) mass is 288 g/mol. The van der Waals surface area contributed by atoms with Crippen LogP contribution in [0, 0.1) is 5.92 Å². The van der Waals surface area contributed by atoms with Gasteiger partial charge in [-0.25, -0.2) is 0 Å². The zero-order valence-electron chi connectivity index (χ0n) is 12.7. The molecule has 2 heterocycles. The van der Waals surface area contributed by atoms with Crippen LogP contribution in [0.4, 0.5) is 0 Å². The van der Waals surface area contributed by atoms with Crippen molar-refractivity contribution in [1.82, 2.24) is 10.2 Å². The number of ether oxygens (including phenoxy) is 1. The summed E-state index contributed by atoms with van der Waals surface area (Å²) in [5.74, 6) is 1.60. The molecule has 1 unspecified atom stereocenters. The van der Waals surface area contributed by atoms with E-state index < -0.39 is 0 Å². The average Bonchev–Trinajstić information content (AvgIpc) is 2.97. The van der Waals surface area contributed by atoms with Crippen LogP contribution in [0.1, 0.15) is 31.2 Å². The third-order valence-corrected chi connectivity index (χ3v) is 4.63. The standard InChI is InChI=1S/C17H24N2O2/c1-2-19(11-13-7-9-18-10-8-13)17(20)15-12-21-16-6-4-3-5-14(15)16/h3-6,13,15,18H,2,7-12H2,1H3. The van der Waals surface area contributed by atoms with Gasteiger partial charge < -0.3 is 15.0 Å². The number of rotatable bonds is 4. The van der Waals surface area contributed by atoms with Gasteiger partial charge in [-0.05, 0) is 44.8 Å². The number of amides is 1. The van der Waals surface area contributed by atoms with Crippen LogP contribution in [-0.2, 0) is 4.79 Å². The maximum atomic E-state index is 12.8. The molecule has 0 radical (unpaired) electrons. The Morgan fingerprint density at radius 2 is 2.10 bits per heavy atom. The summed E-state index contributed by atoms with van der Waals surface area (Å²) in [5, 5.41) is 3.38. The molecule has 4 nitrogen and oxygen atoms in total. The highest BCUT2D eigenvalue weighted by molar-refractivity contribution is 5.85. The third-order valence-electron chi connectivity index (χ3n) is 4.63. The van der Waals surface area contributed by atoms with Crippen molar-refractivity contribution in [2.24, 2.45) is 5.92 Å². The average molecular weight is 288 g/mol. The van der Waals surface area contributed by atoms with Crippen LogP contribution >= 0.6 is 0 Å². The van der Waals surface area contributed by atoms with Gasteiger partial charge in [-0.3, -0.25) is 4.79 Å². The summed E-state index contributed by atoms with van der Waals surface area (Å²) in [4.78, 5) is 14.9. The van der Waals surface area contributed by atoms with Crippen LogP contribution in [0.5, 0.6) is 5.75 Å². The summed E-state index contributed by atoms with van der Waals surface area (Å²) >= 11 is 0. The number of para-hydroxylation sites is 1. The molecular formula is C17H24N2O2. The van der Waals surface area contributed by atoms with Crippen LogP contribution in [0.3, 0.4) is 0 Å². The van der Waals surface area contributed by atoms with Gasteiger partial charge in [-0.1, -0.05) is 18.2 Å². The Morgan fingerprint density at radius 3 is 2.86 bits per heavy atom. The second-order valence-corrected chi connectivity index (χ2v) is 5.97. The first-order chi connectivity index (χ1) is 10.3. The molecular weight excluding hydrogens is 264 g/mol. The SMILES string of the molecule is CCN(CC1CCNCC1)C(=O)C1COc2ccccc21. The first kappa shape index (κ1) is 14.4. The van der Waals surface area contributed by atoms with E-state index in [9.17, 15) is 4.79 Å². The number of hydrogen-bond acceptors (Lipinski definition) is 3. The molecule has 3 rings (SSSR count). The molecule has 114 valence electrons. The van der Waals surface area contributed by atoms with Gasteiger partial charge in [0.15, 0.2) is 0 Å². The van der Waals surface area contributed by atoms with E-state index in [1.165, 1.54) is 12.8 Å². The van der Waals surface area contributed by atoms with E-state index >= 15 is 0 Å². The molecule has 1 aromatic rings. The molecule has 0 aromatic heterocycles. The van der Waals surface area contributed by atoms with Gasteiger partial charge in [0.25, 0.3) is 0 Å². The van der Waals surface area contributed by atoms with E-state index in [0.29, 0.717) is 12.5 Å². The maximum absolute atomic E-state index is 12.8. The van der Waals surface area contributed by atoms with E-state index in [4.69, 9.17) is 4.74 Å². The lowest BCUT2D eigenvalue weighted by molar-refractivity contribution is -0.133. The Balaban J connectivity index is 1.68. The number of carbonyl (C=O) groups excluding carboxylic acids is 1. The van der Waals surface area contributed by atoms with Crippen LogP contribution in [0.25, 0.3) is 0 Å². The predicted octanol–water partition coefficient (Wildman–Crippen LogP) is 2.01. The van der Waals surface area contributed by atoms with Crippen molar-refractivity contribution in [3.63, 3.8) is 0 Å².